The molecule has 0 aliphatic rings. The second-order valence-electron chi connectivity index (χ2n) is 3.41. The molecule has 1 aromatic rings. The molecule has 0 saturated heterocycles. The first-order valence-corrected chi connectivity index (χ1v) is 8.20. The number of rotatable bonds is 7. The Morgan fingerprint density at radius 3 is 2.82 bits per heavy atom. The van der Waals surface area contributed by atoms with Gasteiger partial charge in [-0.15, -0.1) is 10.2 Å². The molecule has 1 heterocycles. The number of aromatic nitrogens is 2. The molecule has 1 rings (SSSR count). The summed E-state index contributed by atoms with van der Waals surface area (Å²) in [5.41, 5.74) is 0. The first-order chi connectivity index (χ1) is 8.17. The quantitative estimate of drug-likeness (QED) is 0.618. The summed E-state index contributed by atoms with van der Waals surface area (Å²) in [5.74, 6) is 1.10. The number of amides is 1. The van der Waals surface area contributed by atoms with Crippen LogP contribution in [0.1, 0.15) is 26.7 Å². The molecule has 96 valence electrons. The van der Waals surface area contributed by atoms with Crippen LogP contribution in [-0.2, 0) is 4.79 Å². The number of hydrogen-bond donors (Lipinski definition) is 1. The van der Waals surface area contributed by atoms with Gasteiger partial charge in [0.25, 0.3) is 0 Å². The minimum absolute atomic E-state index is 0.0189. The van der Waals surface area contributed by atoms with Crippen molar-refractivity contribution in [1.29, 1.82) is 0 Å². The highest BCUT2D eigenvalue weighted by Crippen LogP contribution is 2.31. The van der Waals surface area contributed by atoms with Crippen LogP contribution in [0.15, 0.2) is 8.68 Å². The predicted octanol–water partition coefficient (Wildman–Crippen LogP) is 2.66. The number of nitrogens with one attached hydrogen (secondary N) is 1. The molecule has 0 aliphatic heterocycles. The first kappa shape index (κ1) is 14.8. The van der Waals surface area contributed by atoms with Gasteiger partial charge in [-0.1, -0.05) is 48.2 Å². The summed E-state index contributed by atoms with van der Waals surface area (Å²) in [7, 11) is 1.64. The molecule has 0 aliphatic carbocycles. The molecule has 1 amide bonds. The minimum Gasteiger partial charge on any atom is -0.358 e. The Hall–Kier alpha value is -0.270. The zero-order valence-electron chi connectivity index (χ0n) is 10.2. The molecule has 7 heteroatoms. The van der Waals surface area contributed by atoms with Crippen LogP contribution in [0.2, 0.25) is 0 Å². The third kappa shape index (κ3) is 5.27. The van der Waals surface area contributed by atoms with Crippen LogP contribution in [-0.4, -0.2) is 34.2 Å². The van der Waals surface area contributed by atoms with E-state index in [0.717, 1.165) is 14.4 Å². The van der Waals surface area contributed by atoms with Crippen molar-refractivity contribution >= 4 is 40.8 Å². The van der Waals surface area contributed by atoms with Crippen LogP contribution in [0.5, 0.6) is 0 Å². The first-order valence-electron chi connectivity index (χ1n) is 5.52. The Morgan fingerprint density at radius 1 is 1.47 bits per heavy atom. The summed E-state index contributed by atoms with van der Waals surface area (Å²) in [6, 6.07) is 0. The highest BCUT2D eigenvalue weighted by molar-refractivity contribution is 8.03. The van der Waals surface area contributed by atoms with Gasteiger partial charge in [-0.3, -0.25) is 4.79 Å². The van der Waals surface area contributed by atoms with Crippen LogP contribution in [0.3, 0.4) is 0 Å². The molecule has 4 nitrogen and oxygen atoms in total. The fourth-order valence-corrected chi connectivity index (χ4v) is 4.39. The normalized spacial score (nSPS) is 12.4. The smallest absolute Gasteiger partial charge is 0.233 e. The lowest BCUT2D eigenvalue weighted by Crippen LogP contribution is -2.27. The fourth-order valence-electron chi connectivity index (χ4n) is 1.01. The van der Waals surface area contributed by atoms with Crippen LogP contribution < -0.4 is 5.32 Å². The van der Waals surface area contributed by atoms with E-state index < -0.39 is 0 Å². The minimum atomic E-state index is -0.124. The average Bonchev–Trinajstić information content (AvgIpc) is 2.76. The second-order valence-corrected chi connectivity index (χ2v) is 7.32. The summed E-state index contributed by atoms with van der Waals surface area (Å²) >= 11 is 4.76. The summed E-state index contributed by atoms with van der Waals surface area (Å²) in [5, 5.41) is 10.7. The monoisotopic (exact) mass is 291 g/mol. The molecule has 0 aromatic carbocycles. The molecular weight excluding hydrogens is 274 g/mol. The zero-order chi connectivity index (χ0) is 12.7. The molecule has 1 aromatic heterocycles. The van der Waals surface area contributed by atoms with E-state index >= 15 is 0 Å². The number of thioether (sulfide) groups is 2. The Morgan fingerprint density at radius 2 is 2.18 bits per heavy atom. The highest BCUT2D eigenvalue weighted by Gasteiger charge is 2.15. The molecule has 0 radical (unpaired) electrons. The fraction of sp³-hybridized carbons (Fsp3) is 0.700. The molecule has 17 heavy (non-hydrogen) atoms. The molecular formula is C10H17N3OS3. The van der Waals surface area contributed by atoms with Crippen molar-refractivity contribution in [3.63, 3.8) is 0 Å². The SMILES string of the molecule is CCCCSc1nnc(SC(C)C(=O)NC)s1. The van der Waals surface area contributed by atoms with Gasteiger partial charge in [-0.2, -0.15) is 0 Å². The van der Waals surface area contributed by atoms with E-state index in [2.05, 4.69) is 22.4 Å². The van der Waals surface area contributed by atoms with Gasteiger partial charge in [0.2, 0.25) is 5.91 Å². The summed E-state index contributed by atoms with van der Waals surface area (Å²) in [6.07, 6.45) is 2.39. The maximum absolute atomic E-state index is 11.4. The Kier molecular flexibility index (Phi) is 6.91. The van der Waals surface area contributed by atoms with Gasteiger partial charge in [-0.25, -0.2) is 0 Å². The van der Waals surface area contributed by atoms with Gasteiger partial charge in [0.1, 0.15) is 0 Å². The third-order valence-corrected chi connectivity index (χ3v) is 5.33. The summed E-state index contributed by atoms with van der Waals surface area (Å²) in [4.78, 5) is 11.4. The number of nitrogens with zero attached hydrogens (tertiary/aromatic N) is 2. The second kappa shape index (κ2) is 7.94. The number of hydrogen-bond acceptors (Lipinski definition) is 6. The lowest BCUT2D eigenvalue weighted by Gasteiger charge is -2.05. The topological polar surface area (TPSA) is 54.9 Å². The van der Waals surface area contributed by atoms with Crippen molar-refractivity contribution in [3.05, 3.63) is 0 Å². The zero-order valence-corrected chi connectivity index (χ0v) is 12.7. The van der Waals surface area contributed by atoms with Gasteiger partial charge in [0, 0.05) is 12.8 Å². The van der Waals surface area contributed by atoms with Gasteiger partial charge in [0.05, 0.1) is 5.25 Å². The van der Waals surface area contributed by atoms with E-state index in [1.165, 1.54) is 24.6 Å². The van der Waals surface area contributed by atoms with Gasteiger partial charge in [0.15, 0.2) is 8.68 Å². The largest absolute Gasteiger partial charge is 0.358 e. The summed E-state index contributed by atoms with van der Waals surface area (Å²) < 4.78 is 1.85. The van der Waals surface area contributed by atoms with Crippen molar-refractivity contribution in [2.45, 2.75) is 40.6 Å². The van der Waals surface area contributed by atoms with Gasteiger partial charge >= 0.3 is 0 Å². The van der Waals surface area contributed by atoms with Crippen molar-refractivity contribution in [2.24, 2.45) is 0 Å². The van der Waals surface area contributed by atoms with Crippen LogP contribution >= 0.6 is 34.9 Å². The van der Waals surface area contributed by atoms with E-state index in [1.54, 1.807) is 30.1 Å². The number of carbonyl (C=O) groups excluding carboxylic acids is 1. The standard InChI is InChI=1S/C10H17N3OS3/c1-4-5-6-15-9-12-13-10(17-9)16-7(2)8(14)11-3/h7H,4-6H2,1-3H3,(H,11,14). The van der Waals surface area contributed by atoms with E-state index in [-0.39, 0.29) is 11.2 Å². The number of unbranched alkanes of at least 4 members (excludes halogenated alkanes) is 1. The Bertz CT molecular complexity index is 356. The van der Waals surface area contributed by atoms with Gasteiger partial charge in [-0.05, 0) is 13.3 Å². The Balaban J connectivity index is 2.42. The molecule has 0 bridgehead atoms. The van der Waals surface area contributed by atoms with E-state index in [9.17, 15) is 4.79 Å². The molecule has 1 N–H and O–H groups in total. The molecule has 1 atom stereocenters. The Labute approximate surface area is 114 Å². The van der Waals surface area contributed by atoms with Crippen LogP contribution in [0.4, 0.5) is 0 Å². The maximum atomic E-state index is 11.4. The van der Waals surface area contributed by atoms with Crippen molar-refractivity contribution in [1.82, 2.24) is 15.5 Å². The molecule has 0 spiro atoms. The van der Waals surface area contributed by atoms with E-state index in [1.807, 2.05) is 6.92 Å². The van der Waals surface area contributed by atoms with E-state index in [0.29, 0.717) is 0 Å². The maximum Gasteiger partial charge on any atom is 0.233 e. The highest BCUT2D eigenvalue weighted by atomic mass is 32.2. The van der Waals surface area contributed by atoms with Crippen molar-refractivity contribution in [2.75, 3.05) is 12.8 Å². The average molecular weight is 291 g/mol. The predicted molar refractivity (Wildman–Crippen MR) is 74.9 cm³/mol. The molecule has 1 unspecified atom stereocenters. The van der Waals surface area contributed by atoms with Crippen molar-refractivity contribution < 1.29 is 4.79 Å². The lowest BCUT2D eigenvalue weighted by atomic mass is 10.4. The van der Waals surface area contributed by atoms with Crippen LogP contribution in [0, 0.1) is 0 Å². The van der Waals surface area contributed by atoms with Crippen molar-refractivity contribution in [3.8, 4) is 0 Å². The molecule has 0 fully saturated rings. The van der Waals surface area contributed by atoms with Crippen LogP contribution in [0.25, 0.3) is 0 Å². The lowest BCUT2D eigenvalue weighted by molar-refractivity contribution is -0.119. The number of carbonyl (C=O) groups is 1. The van der Waals surface area contributed by atoms with Gasteiger partial charge < -0.3 is 5.32 Å². The molecule has 0 saturated carbocycles. The summed E-state index contributed by atoms with van der Waals surface area (Å²) in [6.45, 7) is 4.04. The van der Waals surface area contributed by atoms with E-state index in [4.69, 9.17) is 0 Å². The third-order valence-electron chi connectivity index (χ3n) is 2.00.